The highest BCUT2D eigenvalue weighted by molar-refractivity contribution is 5.79. The predicted molar refractivity (Wildman–Crippen MR) is 66.9 cm³/mol. The van der Waals surface area contributed by atoms with E-state index in [0.29, 0.717) is 19.4 Å². The van der Waals surface area contributed by atoms with E-state index in [-0.39, 0.29) is 24.7 Å². The first kappa shape index (κ1) is 17.0. The molecule has 0 unspecified atom stereocenters. The normalized spacial score (nSPS) is 24.9. The Kier molecular flexibility index (Phi) is 6.48. The number of hydrogen-bond acceptors (Lipinski definition) is 1. The monoisotopic (exact) mass is 301 g/mol. The van der Waals surface area contributed by atoms with Gasteiger partial charge in [0.15, 0.2) is 5.96 Å². The summed E-state index contributed by atoms with van der Waals surface area (Å²) in [6.45, 7) is -0.0476. The molecule has 0 aromatic heterocycles. The van der Waals surface area contributed by atoms with Gasteiger partial charge in [-0.1, -0.05) is 0 Å². The van der Waals surface area contributed by atoms with E-state index in [1.807, 2.05) is 0 Å². The second-order valence-corrected chi connectivity index (χ2v) is 4.98. The quantitative estimate of drug-likeness (QED) is 0.476. The van der Waals surface area contributed by atoms with Crippen molar-refractivity contribution in [2.24, 2.45) is 16.8 Å². The van der Waals surface area contributed by atoms with Gasteiger partial charge in [-0.15, -0.1) is 0 Å². The zero-order valence-corrected chi connectivity index (χ0v) is 11.3. The summed E-state index contributed by atoms with van der Waals surface area (Å²) < 4.78 is 61.6. The van der Waals surface area contributed by atoms with Crippen molar-refractivity contribution >= 4 is 5.96 Å². The van der Waals surface area contributed by atoms with Crippen LogP contribution in [0, 0.1) is 11.8 Å². The summed E-state index contributed by atoms with van der Waals surface area (Å²) in [5.41, 5.74) is 0. The minimum Gasteiger partial charge on any atom is -0.356 e. The van der Waals surface area contributed by atoms with Crippen LogP contribution in [0.15, 0.2) is 4.99 Å². The fourth-order valence-electron chi connectivity index (χ4n) is 2.33. The summed E-state index contributed by atoms with van der Waals surface area (Å²) in [5.74, 6) is -0.822. The van der Waals surface area contributed by atoms with Gasteiger partial charge in [0.05, 0.1) is 12.5 Å². The van der Waals surface area contributed by atoms with Gasteiger partial charge in [-0.3, -0.25) is 4.99 Å². The molecule has 0 spiro atoms. The maximum Gasteiger partial charge on any atom is 0.391 e. The van der Waals surface area contributed by atoms with Crippen LogP contribution in [-0.4, -0.2) is 38.7 Å². The third-order valence-electron chi connectivity index (χ3n) is 3.52. The summed E-state index contributed by atoms with van der Waals surface area (Å²) in [6.07, 6.45) is -5.33. The van der Waals surface area contributed by atoms with Crippen molar-refractivity contribution in [3.63, 3.8) is 0 Å². The molecule has 8 heteroatoms. The lowest BCUT2D eigenvalue weighted by Gasteiger charge is -2.30. The van der Waals surface area contributed by atoms with Gasteiger partial charge in [0.25, 0.3) is 6.43 Å². The van der Waals surface area contributed by atoms with Crippen LogP contribution < -0.4 is 10.6 Å². The largest absolute Gasteiger partial charge is 0.391 e. The molecule has 0 atom stereocenters. The van der Waals surface area contributed by atoms with Crippen LogP contribution in [-0.2, 0) is 0 Å². The summed E-state index contributed by atoms with van der Waals surface area (Å²) >= 11 is 0. The highest BCUT2D eigenvalue weighted by Crippen LogP contribution is 2.39. The van der Waals surface area contributed by atoms with Gasteiger partial charge in [-0.05, 0) is 31.6 Å². The van der Waals surface area contributed by atoms with Gasteiger partial charge in [0.1, 0.15) is 0 Å². The highest BCUT2D eigenvalue weighted by Gasteiger charge is 2.41. The van der Waals surface area contributed by atoms with Gasteiger partial charge in [-0.2, -0.15) is 13.2 Å². The number of nitrogens with zero attached hydrogens (tertiary/aromatic N) is 1. The van der Waals surface area contributed by atoms with Crippen LogP contribution >= 0.6 is 0 Å². The van der Waals surface area contributed by atoms with Gasteiger partial charge >= 0.3 is 6.18 Å². The molecule has 3 nitrogen and oxygen atoms in total. The van der Waals surface area contributed by atoms with Crippen molar-refractivity contribution in [2.45, 2.75) is 38.3 Å². The lowest BCUT2D eigenvalue weighted by molar-refractivity contribution is -0.183. The Morgan fingerprint density at radius 1 is 1.15 bits per heavy atom. The van der Waals surface area contributed by atoms with E-state index in [9.17, 15) is 22.0 Å². The molecule has 1 aliphatic rings. The molecule has 2 N–H and O–H groups in total. The molecule has 0 aromatic rings. The highest BCUT2D eigenvalue weighted by atomic mass is 19.4. The number of rotatable bonds is 4. The molecular formula is C12H20F5N3. The van der Waals surface area contributed by atoms with Gasteiger partial charge in [0, 0.05) is 13.6 Å². The van der Waals surface area contributed by atoms with Gasteiger partial charge in [-0.25, -0.2) is 8.78 Å². The first-order valence-corrected chi connectivity index (χ1v) is 6.62. The fraction of sp³-hybridized carbons (Fsp3) is 0.917. The molecule has 0 radical (unpaired) electrons. The Balaban J connectivity index is 2.26. The number of halogens is 5. The van der Waals surface area contributed by atoms with Crippen molar-refractivity contribution in [3.8, 4) is 0 Å². The zero-order chi connectivity index (χ0) is 15.2. The van der Waals surface area contributed by atoms with Crippen LogP contribution in [0.2, 0.25) is 0 Å². The van der Waals surface area contributed by atoms with Crippen molar-refractivity contribution < 1.29 is 22.0 Å². The van der Waals surface area contributed by atoms with Crippen molar-refractivity contribution in [1.82, 2.24) is 10.6 Å². The van der Waals surface area contributed by atoms with Gasteiger partial charge < -0.3 is 10.6 Å². The third kappa shape index (κ3) is 5.92. The van der Waals surface area contributed by atoms with E-state index in [4.69, 9.17) is 0 Å². The Hall–Kier alpha value is -1.08. The first-order valence-electron chi connectivity index (χ1n) is 6.62. The summed E-state index contributed by atoms with van der Waals surface area (Å²) in [7, 11) is 1.46. The molecule has 1 fully saturated rings. The Morgan fingerprint density at radius 3 is 2.20 bits per heavy atom. The lowest BCUT2D eigenvalue weighted by Crippen LogP contribution is -2.42. The number of guanidine groups is 1. The molecule has 20 heavy (non-hydrogen) atoms. The minimum atomic E-state index is -4.10. The number of alkyl halides is 5. The summed E-state index contributed by atoms with van der Waals surface area (Å²) in [4.78, 5) is 3.78. The van der Waals surface area contributed by atoms with Crippen molar-refractivity contribution in [2.75, 3.05) is 20.1 Å². The minimum absolute atomic E-state index is 0.124. The van der Waals surface area contributed by atoms with Crippen molar-refractivity contribution in [1.29, 1.82) is 0 Å². The molecule has 0 bridgehead atoms. The van der Waals surface area contributed by atoms with E-state index in [1.54, 1.807) is 0 Å². The molecule has 0 aromatic carbocycles. The maximum atomic E-state index is 12.5. The van der Waals surface area contributed by atoms with Crippen LogP contribution in [0.1, 0.15) is 25.7 Å². The number of aliphatic imine (C=N–C) groups is 1. The topological polar surface area (TPSA) is 36.4 Å². The summed E-state index contributed by atoms with van der Waals surface area (Å²) in [6, 6.07) is 0. The molecule has 0 aliphatic heterocycles. The van der Waals surface area contributed by atoms with Crippen LogP contribution in [0.4, 0.5) is 22.0 Å². The Labute approximate surface area is 115 Å². The molecule has 0 amide bonds. The fourth-order valence-corrected chi connectivity index (χ4v) is 2.33. The van der Waals surface area contributed by atoms with E-state index in [2.05, 4.69) is 15.6 Å². The second kappa shape index (κ2) is 7.64. The molecule has 118 valence electrons. The molecule has 0 heterocycles. The molecule has 0 saturated heterocycles. The standard InChI is InChI=1S/C12H20F5N3/c1-18-11(20-7-10(13)14)19-6-8-2-4-9(5-3-8)12(15,16)17/h8-10H,2-7H2,1H3,(H2,18,19,20). The Morgan fingerprint density at radius 2 is 1.75 bits per heavy atom. The molecule has 1 aliphatic carbocycles. The Bertz CT molecular complexity index is 309. The molecule has 1 rings (SSSR count). The average Bonchev–Trinajstić information content (AvgIpc) is 2.38. The van der Waals surface area contributed by atoms with Gasteiger partial charge in [0.2, 0.25) is 0 Å². The predicted octanol–water partition coefficient (Wildman–Crippen LogP) is 2.79. The number of hydrogen-bond donors (Lipinski definition) is 2. The molecule has 1 saturated carbocycles. The van der Waals surface area contributed by atoms with Crippen molar-refractivity contribution in [3.05, 3.63) is 0 Å². The number of nitrogens with one attached hydrogen (secondary N) is 2. The van der Waals surface area contributed by atoms with E-state index >= 15 is 0 Å². The second-order valence-electron chi connectivity index (χ2n) is 4.98. The zero-order valence-electron chi connectivity index (χ0n) is 11.3. The van der Waals surface area contributed by atoms with Crippen LogP contribution in [0.3, 0.4) is 0 Å². The summed E-state index contributed by atoms with van der Waals surface area (Å²) in [5, 5.41) is 5.32. The van der Waals surface area contributed by atoms with Crippen LogP contribution in [0.5, 0.6) is 0 Å². The third-order valence-corrected chi connectivity index (χ3v) is 3.52. The first-order chi connectivity index (χ1) is 9.32. The lowest BCUT2D eigenvalue weighted by atomic mass is 9.81. The van der Waals surface area contributed by atoms with Crippen LogP contribution in [0.25, 0.3) is 0 Å². The van der Waals surface area contributed by atoms with E-state index < -0.39 is 25.1 Å². The smallest absolute Gasteiger partial charge is 0.356 e. The van der Waals surface area contributed by atoms with E-state index in [1.165, 1.54) is 7.05 Å². The SMILES string of the molecule is CN=C(NCC(F)F)NCC1CCC(C(F)(F)F)CC1. The maximum absolute atomic E-state index is 12.5. The van der Waals surface area contributed by atoms with E-state index in [0.717, 1.165) is 0 Å². The average molecular weight is 301 g/mol. The molecular weight excluding hydrogens is 281 g/mol.